The molecule has 26 heavy (non-hydrogen) atoms. The van der Waals surface area contributed by atoms with E-state index in [1.165, 1.54) is 24.3 Å². The third kappa shape index (κ3) is 4.80. The van der Waals surface area contributed by atoms with Gasteiger partial charge in [0.25, 0.3) is 0 Å². The topological polar surface area (TPSA) is 52.6 Å². The van der Waals surface area contributed by atoms with Gasteiger partial charge in [0.1, 0.15) is 11.5 Å². The molecule has 0 aliphatic rings. The highest BCUT2D eigenvalue weighted by Gasteiger charge is 2.12. The highest BCUT2D eigenvalue weighted by Crippen LogP contribution is 2.19. The number of rotatable bonds is 4. The minimum atomic E-state index is -0.500. The van der Waals surface area contributed by atoms with Crippen LogP contribution in [-0.2, 0) is 0 Å². The summed E-state index contributed by atoms with van der Waals surface area (Å²) in [4.78, 5) is 24.3. The number of halogens is 2. The molecule has 0 spiro atoms. The number of ether oxygens (including phenoxy) is 2. The van der Waals surface area contributed by atoms with Crippen LogP contribution < -0.4 is 9.47 Å². The molecule has 0 heterocycles. The molecule has 3 rings (SSSR count). The molecule has 3 aromatic carbocycles. The summed E-state index contributed by atoms with van der Waals surface area (Å²) in [7, 11) is 0. The van der Waals surface area contributed by atoms with Gasteiger partial charge < -0.3 is 9.47 Å². The maximum absolute atomic E-state index is 12.1. The first kappa shape index (κ1) is 18.4. The van der Waals surface area contributed by atoms with E-state index < -0.39 is 11.9 Å². The van der Waals surface area contributed by atoms with Gasteiger partial charge in [-0.3, -0.25) is 0 Å². The lowest BCUT2D eigenvalue weighted by molar-refractivity contribution is 0.0720. The van der Waals surface area contributed by atoms with Crippen LogP contribution in [0.15, 0.2) is 81.7 Å². The molecule has 130 valence electrons. The Morgan fingerprint density at radius 3 is 1.15 bits per heavy atom. The second kappa shape index (κ2) is 8.29. The van der Waals surface area contributed by atoms with E-state index in [2.05, 4.69) is 31.9 Å². The molecule has 0 atom stereocenters. The van der Waals surface area contributed by atoms with Crippen LogP contribution in [0.2, 0.25) is 0 Å². The largest absolute Gasteiger partial charge is 0.423 e. The number of benzene rings is 3. The summed E-state index contributed by atoms with van der Waals surface area (Å²) in [6, 6.07) is 20.0. The minimum Gasteiger partial charge on any atom is -0.423 e. The minimum absolute atomic E-state index is 0.341. The number of hydrogen-bond acceptors (Lipinski definition) is 4. The highest BCUT2D eigenvalue weighted by molar-refractivity contribution is 9.10. The zero-order valence-electron chi connectivity index (χ0n) is 13.3. The van der Waals surface area contributed by atoms with Crippen molar-refractivity contribution in [3.05, 3.63) is 92.9 Å². The van der Waals surface area contributed by atoms with Gasteiger partial charge in [0.15, 0.2) is 0 Å². The lowest BCUT2D eigenvalue weighted by Crippen LogP contribution is -2.11. The average molecular weight is 476 g/mol. The lowest BCUT2D eigenvalue weighted by atomic mass is 10.1. The van der Waals surface area contributed by atoms with Gasteiger partial charge in [-0.25, -0.2) is 9.59 Å². The van der Waals surface area contributed by atoms with Gasteiger partial charge in [-0.05, 0) is 72.8 Å². The van der Waals surface area contributed by atoms with Gasteiger partial charge in [-0.1, -0.05) is 31.9 Å². The summed E-state index contributed by atoms with van der Waals surface area (Å²) < 4.78 is 12.4. The van der Waals surface area contributed by atoms with Crippen molar-refractivity contribution >= 4 is 43.8 Å². The molecule has 0 bridgehead atoms. The van der Waals surface area contributed by atoms with Crippen molar-refractivity contribution in [2.24, 2.45) is 0 Å². The Labute approximate surface area is 167 Å². The van der Waals surface area contributed by atoms with Crippen molar-refractivity contribution in [2.45, 2.75) is 0 Å². The van der Waals surface area contributed by atoms with Crippen molar-refractivity contribution in [1.29, 1.82) is 0 Å². The summed E-state index contributed by atoms with van der Waals surface area (Å²) in [5.74, 6) is -0.117. The van der Waals surface area contributed by atoms with E-state index in [0.29, 0.717) is 22.6 Å². The first-order valence-electron chi connectivity index (χ1n) is 7.57. The number of hydrogen-bond donors (Lipinski definition) is 0. The van der Waals surface area contributed by atoms with E-state index in [4.69, 9.17) is 9.47 Å². The van der Waals surface area contributed by atoms with Gasteiger partial charge in [0, 0.05) is 8.95 Å². The zero-order valence-corrected chi connectivity index (χ0v) is 16.5. The fourth-order valence-corrected chi connectivity index (χ4v) is 2.61. The van der Waals surface area contributed by atoms with E-state index in [1.807, 2.05) is 0 Å². The average Bonchev–Trinajstić information content (AvgIpc) is 2.65. The molecule has 6 heteroatoms. The Morgan fingerprint density at radius 1 is 0.538 bits per heavy atom. The van der Waals surface area contributed by atoms with E-state index in [9.17, 15) is 9.59 Å². The molecule has 0 aromatic heterocycles. The fraction of sp³-hybridized carbons (Fsp3) is 0. The summed E-state index contributed by atoms with van der Waals surface area (Å²) >= 11 is 6.64. The molecule has 0 N–H and O–H groups in total. The molecule has 0 amide bonds. The maximum Gasteiger partial charge on any atom is 0.343 e. The Hall–Kier alpha value is -2.44. The van der Waals surface area contributed by atoms with Gasteiger partial charge in [0.05, 0.1) is 11.1 Å². The molecule has 3 aromatic rings. The van der Waals surface area contributed by atoms with Crippen molar-refractivity contribution < 1.29 is 19.1 Å². The van der Waals surface area contributed by atoms with Crippen LogP contribution in [0.1, 0.15) is 20.7 Å². The lowest BCUT2D eigenvalue weighted by Gasteiger charge is -2.06. The molecule has 0 saturated carbocycles. The molecule has 0 radical (unpaired) electrons. The van der Waals surface area contributed by atoms with Crippen molar-refractivity contribution in [3.8, 4) is 11.5 Å². The first-order valence-corrected chi connectivity index (χ1v) is 9.15. The second-order valence-corrected chi connectivity index (χ2v) is 7.10. The Balaban J connectivity index is 1.65. The molecule has 0 unspecified atom stereocenters. The molecule has 0 aliphatic carbocycles. The standard InChI is InChI=1S/C20H12Br2O4/c21-15-5-9-17(10-6-15)25-19(23)13-1-2-14(4-3-13)20(24)26-18-11-7-16(22)8-12-18/h1-12H. The smallest absolute Gasteiger partial charge is 0.343 e. The third-order valence-electron chi connectivity index (χ3n) is 3.40. The zero-order chi connectivity index (χ0) is 18.5. The monoisotopic (exact) mass is 474 g/mol. The maximum atomic E-state index is 12.1. The van der Waals surface area contributed by atoms with E-state index in [-0.39, 0.29) is 0 Å². The number of carbonyl (C=O) groups excluding carboxylic acids is 2. The van der Waals surface area contributed by atoms with Gasteiger partial charge in [-0.15, -0.1) is 0 Å². The summed E-state index contributed by atoms with van der Waals surface area (Å²) in [5, 5.41) is 0. The van der Waals surface area contributed by atoms with Crippen LogP contribution in [0.4, 0.5) is 0 Å². The van der Waals surface area contributed by atoms with Crippen molar-refractivity contribution in [3.63, 3.8) is 0 Å². The van der Waals surface area contributed by atoms with Crippen LogP contribution in [0.5, 0.6) is 11.5 Å². The first-order chi connectivity index (χ1) is 12.5. The molecule has 4 nitrogen and oxygen atoms in total. The van der Waals surface area contributed by atoms with Crippen LogP contribution in [0.3, 0.4) is 0 Å². The molecular weight excluding hydrogens is 464 g/mol. The Kier molecular flexibility index (Phi) is 5.85. The van der Waals surface area contributed by atoms with Gasteiger partial charge in [0.2, 0.25) is 0 Å². The van der Waals surface area contributed by atoms with Gasteiger partial charge in [-0.2, -0.15) is 0 Å². The SMILES string of the molecule is O=C(Oc1ccc(Br)cc1)c1ccc(C(=O)Oc2ccc(Br)cc2)cc1. The van der Waals surface area contributed by atoms with Crippen molar-refractivity contribution in [1.82, 2.24) is 0 Å². The summed E-state index contributed by atoms with van der Waals surface area (Å²) in [6.07, 6.45) is 0. The number of esters is 2. The van der Waals surface area contributed by atoms with E-state index in [1.54, 1.807) is 48.5 Å². The summed E-state index contributed by atoms with van der Waals surface area (Å²) in [5.41, 5.74) is 0.682. The fourth-order valence-electron chi connectivity index (χ4n) is 2.08. The van der Waals surface area contributed by atoms with E-state index >= 15 is 0 Å². The van der Waals surface area contributed by atoms with Crippen LogP contribution in [0, 0.1) is 0 Å². The molecule has 0 fully saturated rings. The third-order valence-corrected chi connectivity index (χ3v) is 4.46. The van der Waals surface area contributed by atoms with Crippen molar-refractivity contribution in [2.75, 3.05) is 0 Å². The normalized spacial score (nSPS) is 10.2. The van der Waals surface area contributed by atoms with Crippen LogP contribution in [-0.4, -0.2) is 11.9 Å². The molecule has 0 aliphatic heterocycles. The molecular formula is C20H12Br2O4. The highest BCUT2D eigenvalue weighted by atomic mass is 79.9. The Morgan fingerprint density at radius 2 is 0.846 bits per heavy atom. The second-order valence-electron chi connectivity index (χ2n) is 5.26. The van der Waals surface area contributed by atoms with Crippen LogP contribution >= 0.6 is 31.9 Å². The van der Waals surface area contributed by atoms with Gasteiger partial charge >= 0.3 is 11.9 Å². The quantitative estimate of drug-likeness (QED) is 0.361. The predicted molar refractivity (Wildman–Crippen MR) is 105 cm³/mol. The Bertz CT molecular complexity index is 839. The predicted octanol–water partition coefficient (Wildman–Crippen LogP) is 5.65. The summed E-state index contributed by atoms with van der Waals surface area (Å²) in [6.45, 7) is 0. The molecule has 0 saturated heterocycles. The number of carbonyl (C=O) groups is 2. The van der Waals surface area contributed by atoms with E-state index in [0.717, 1.165) is 8.95 Å². The van der Waals surface area contributed by atoms with Crippen LogP contribution in [0.25, 0.3) is 0 Å².